The van der Waals surface area contributed by atoms with Crippen molar-refractivity contribution in [3.8, 4) is 0 Å². The SMILES string of the molecule is CCc1cccc(C(=O)[C@@H]2CCCN2C(=O)OC(C)(C)C)c1. The van der Waals surface area contributed by atoms with Crippen molar-refractivity contribution in [3.05, 3.63) is 35.4 Å². The third-order valence-corrected chi connectivity index (χ3v) is 3.80. The Balaban J connectivity index is 2.15. The summed E-state index contributed by atoms with van der Waals surface area (Å²) in [6.07, 6.45) is 2.04. The second-order valence-electron chi connectivity index (χ2n) is 6.75. The highest BCUT2D eigenvalue weighted by atomic mass is 16.6. The summed E-state index contributed by atoms with van der Waals surface area (Å²) in [4.78, 5) is 26.6. The largest absolute Gasteiger partial charge is 0.444 e. The zero-order valence-electron chi connectivity index (χ0n) is 13.9. The van der Waals surface area contributed by atoms with Gasteiger partial charge in [-0.05, 0) is 51.7 Å². The number of aryl methyl sites for hydroxylation is 1. The highest BCUT2D eigenvalue weighted by molar-refractivity contribution is 6.01. The normalized spacial score (nSPS) is 18.4. The molecule has 1 aliphatic rings. The van der Waals surface area contributed by atoms with Gasteiger partial charge in [0.15, 0.2) is 5.78 Å². The van der Waals surface area contributed by atoms with Gasteiger partial charge in [-0.3, -0.25) is 9.69 Å². The molecule has 0 N–H and O–H groups in total. The van der Waals surface area contributed by atoms with Crippen LogP contribution in [-0.2, 0) is 11.2 Å². The number of ether oxygens (including phenoxy) is 1. The van der Waals surface area contributed by atoms with Crippen LogP contribution in [0.4, 0.5) is 4.79 Å². The summed E-state index contributed by atoms with van der Waals surface area (Å²) in [7, 11) is 0. The van der Waals surface area contributed by atoms with E-state index in [1.54, 1.807) is 4.90 Å². The maximum atomic E-state index is 12.7. The monoisotopic (exact) mass is 303 g/mol. The van der Waals surface area contributed by atoms with Gasteiger partial charge in [-0.15, -0.1) is 0 Å². The van der Waals surface area contributed by atoms with E-state index in [9.17, 15) is 9.59 Å². The van der Waals surface area contributed by atoms with Crippen LogP contribution in [0.1, 0.15) is 56.5 Å². The molecule has 1 fully saturated rings. The third kappa shape index (κ3) is 3.87. The smallest absolute Gasteiger partial charge is 0.410 e. The first kappa shape index (κ1) is 16.5. The molecule has 4 heteroatoms. The van der Waals surface area contributed by atoms with E-state index in [-0.39, 0.29) is 5.78 Å². The van der Waals surface area contributed by atoms with E-state index in [0.717, 1.165) is 18.4 Å². The number of carbonyl (C=O) groups is 2. The van der Waals surface area contributed by atoms with E-state index < -0.39 is 17.7 Å². The van der Waals surface area contributed by atoms with Gasteiger partial charge in [-0.1, -0.05) is 25.1 Å². The van der Waals surface area contributed by atoms with Crippen molar-refractivity contribution in [2.24, 2.45) is 0 Å². The van der Waals surface area contributed by atoms with Crippen LogP contribution in [0.15, 0.2) is 24.3 Å². The van der Waals surface area contributed by atoms with E-state index in [0.29, 0.717) is 18.5 Å². The molecule has 0 radical (unpaired) electrons. The average molecular weight is 303 g/mol. The van der Waals surface area contributed by atoms with E-state index in [4.69, 9.17) is 4.74 Å². The van der Waals surface area contributed by atoms with Crippen molar-refractivity contribution in [2.45, 2.75) is 58.6 Å². The summed E-state index contributed by atoms with van der Waals surface area (Å²) in [6, 6.07) is 7.26. The summed E-state index contributed by atoms with van der Waals surface area (Å²) in [5.74, 6) is 0.0126. The Morgan fingerprint density at radius 1 is 1.32 bits per heavy atom. The van der Waals surface area contributed by atoms with Crippen LogP contribution in [0.2, 0.25) is 0 Å². The molecule has 1 amide bonds. The lowest BCUT2D eigenvalue weighted by Gasteiger charge is -2.28. The van der Waals surface area contributed by atoms with Crippen LogP contribution in [0.5, 0.6) is 0 Å². The lowest BCUT2D eigenvalue weighted by Crippen LogP contribution is -2.43. The van der Waals surface area contributed by atoms with Gasteiger partial charge in [0.1, 0.15) is 5.60 Å². The minimum Gasteiger partial charge on any atom is -0.444 e. The number of benzene rings is 1. The summed E-state index contributed by atoms with van der Waals surface area (Å²) in [5, 5.41) is 0. The Morgan fingerprint density at radius 3 is 2.68 bits per heavy atom. The van der Waals surface area contributed by atoms with Gasteiger partial charge < -0.3 is 4.74 Å². The standard InChI is InChI=1S/C18H25NO3/c1-5-13-8-6-9-14(12-13)16(20)15-10-7-11-19(15)17(21)22-18(2,3)4/h6,8-9,12,15H,5,7,10-11H2,1-4H3/t15-/m0/s1. The van der Waals surface area contributed by atoms with Crippen molar-refractivity contribution in [3.63, 3.8) is 0 Å². The summed E-state index contributed by atoms with van der Waals surface area (Å²) in [5.41, 5.74) is 1.27. The third-order valence-electron chi connectivity index (χ3n) is 3.80. The molecule has 1 atom stereocenters. The predicted molar refractivity (Wildman–Crippen MR) is 86.1 cm³/mol. The van der Waals surface area contributed by atoms with E-state index in [2.05, 4.69) is 6.92 Å². The molecule has 0 aromatic heterocycles. The molecule has 1 saturated heterocycles. The lowest BCUT2D eigenvalue weighted by atomic mass is 9.99. The molecule has 0 unspecified atom stereocenters. The first-order chi connectivity index (χ1) is 10.3. The number of rotatable bonds is 3. The Bertz CT molecular complexity index is 560. The van der Waals surface area contributed by atoms with Crippen LogP contribution in [0.25, 0.3) is 0 Å². The van der Waals surface area contributed by atoms with Crippen LogP contribution in [0, 0.1) is 0 Å². The zero-order valence-corrected chi connectivity index (χ0v) is 13.9. The van der Waals surface area contributed by atoms with Crippen LogP contribution in [-0.4, -0.2) is 35.0 Å². The molecule has 22 heavy (non-hydrogen) atoms. The fraction of sp³-hybridized carbons (Fsp3) is 0.556. The zero-order chi connectivity index (χ0) is 16.3. The molecule has 0 bridgehead atoms. The van der Waals surface area contributed by atoms with E-state index in [1.165, 1.54) is 0 Å². The van der Waals surface area contributed by atoms with Crippen molar-refractivity contribution in [2.75, 3.05) is 6.54 Å². The summed E-state index contributed by atoms with van der Waals surface area (Å²) >= 11 is 0. The fourth-order valence-electron chi connectivity index (χ4n) is 2.72. The second kappa shape index (κ2) is 6.51. The fourth-order valence-corrected chi connectivity index (χ4v) is 2.72. The second-order valence-corrected chi connectivity index (χ2v) is 6.75. The first-order valence-electron chi connectivity index (χ1n) is 7.94. The number of amides is 1. The average Bonchev–Trinajstić information content (AvgIpc) is 2.94. The highest BCUT2D eigenvalue weighted by Gasteiger charge is 2.36. The molecule has 0 saturated carbocycles. The highest BCUT2D eigenvalue weighted by Crippen LogP contribution is 2.24. The van der Waals surface area contributed by atoms with Crippen LogP contribution < -0.4 is 0 Å². The van der Waals surface area contributed by atoms with Gasteiger partial charge in [-0.25, -0.2) is 4.79 Å². The maximum absolute atomic E-state index is 12.7. The molecule has 0 spiro atoms. The molecular formula is C18H25NO3. The van der Waals surface area contributed by atoms with Gasteiger partial charge in [0.05, 0.1) is 6.04 Å². The number of likely N-dealkylation sites (tertiary alicyclic amines) is 1. The molecule has 120 valence electrons. The lowest BCUT2D eigenvalue weighted by molar-refractivity contribution is 0.0222. The van der Waals surface area contributed by atoms with E-state index >= 15 is 0 Å². The number of Topliss-reactive ketones (excluding diaryl/α,β-unsaturated/α-hetero) is 1. The number of hydrogen-bond acceptors (Lipinski definition) is 3. The van der Waals surface area contributed by atoms with Gasteiger partial charge >= 0.3 is 6.09 Å². The topological polar surface area (TPSA) is 46.6 Å². The molecule has 4 nitrogen and oxygen atoms in total. The van der Waals surface area contributed by atoms with Crippen molar-refractivity contribution < 1.29 is 14.3 Å². The van der Waals surface area contributed by atoms with Gasteiger partial charge in [-0.2, -0.15) is 0 Å². The molecule has 1 aromatic carbocycles. The quantitative estimate of drug-likeness (QED) is 0.797. The molecular weight excluding hydrogens is 278 g/mol. The number of hydrogen-bond donors (Lipinski definition) is 0. The van der Waals surface area contributed by atoms with Gasteiger partial charge in [0.2, 0.25) is 0 Å². The minimum absolute atomic E-state index is 0.0126. The number of carbonyl (C=O) groups excluding carboxylic acids is 2. The minimum atomic E-state index is -0.546. The number of nitrogens with zero attached hydrogens (tertiary/aromatic N) is 1. The van der Waals surface area contributed by atoms with Crippen LogP contribution in [0.3, 0.4) is 0 Å². The molecule has 1 aromatic rings. The van der Waals surface area contributed by atoms with Crippen molar-refractivity contribution in [1.82, 2.24) is 4.90 Å². The molecule has 1 aliphatic heterocycles. The Labute approximate surface area is 132 Å². The van der Waals surface area contributed by atoms with Crippen molar-refractivity contribution >= 4 is 11.9 Å². The Hall–Kier alpha value is -1.84. The van der Waals surface area contributed by atoms with Gasteiger partial charge in [0, 0.05) is 12.1 Å². The number of ketones is 1. The summed E-state index contributed by atoms with van der Waals surface area (Å²) in [6.45, 7) is 8.15. The maximum Gasteiger partial charge on any atom is 0.410 e. The van der Waals surface area contributed by atoms with E-state index in [1.807, 2.05) is 45.0 Å². The van der Waals surface area contributed by atoms with Crippen molar-refractivity contribution in [1.29, 1.82) is 0 Å². The molecule has 1 heterocycles. The Kier molecular flexibility index (Phi) is 4.89. The molecule has 0 aliphatic carbocycles. The first-order valence-corrected chi connectivity index (χ1v) is 7.94. The summed E-state index contributed by atoms with van der Waals surface area (Å²) < 4.78 is 5.42. The van der Waals surface area contributed by atoms with Gasteiger partial charge in [0.25, 0.3) is 0 Å². The predicted octanol–water partition coefficient (Wildman–Crippen LogP) is 3.83. The van der Waals surface area contributed by atoms with Crippen LogP contribution >= 0.6 is 0 Å². The Morgan fingerprint density at radius 2 is 2.05 bits per heavy atom. The molecule has 2 rings (SSSR count).